The van der Waals surface area contributed by atoms with E-state index in [1.807, 2.05) is 38.1 Å². The summed E-state index contributed by atoms with van der Waals surface area (Å²) in [5.41, 5.74) is 3.98. The third-order valence-electron chi connectivity index (χ3n) is 4.13. The maximum atomic E-state index is 6.35. The predicted octanol–water partition coefficient (Wildman–Crippen LogP) is 4.23. The lowest BCUT2D eigenvalue weighted by atomic mass is 10.1. The van der Waals surface area contributed by atoms with Crippen molar-refractivity contribution in [1.29, 1.82) is 0 Å². The summed E-state index contributed by atoms with van der Waals surface area (Å²) in [6.45, 7) is 4.79. The van der Waals surface area contributed by atoms with Crippen LogP contribution >= 0.6 is 11.6 Å². The predicted molar refractivity (Wildman–Crippen MR) is 104 cm³/mol. The Hall–Kier alpha value is -3.06. The van der Waals surface area contributed by atoms with Gasteiger partial charge in [0.05, 0.1) is 16.9 Å². The van der Waals surface area contributed by atoms with E-state index in [4.69, 9.17) is 21.1 Å². The molecule has 3 aromatic rings. The molecule has 0 radical (unpaired) electrons. The van der Waals surface area contributed by atoms with Crippen molar-refractivity contribution in [2.75, 3.05) is 17.4 Å². The van der Waals surface area contributed by atoms with Gasteiger partial charge in [-0.3, -0.25) is 0 Å². The molecule has 1 aliphatic rings. The Bertz CT molecular complexity index is 973. The van der Waals surface area contributed by atoms with E-state index in [1.165, 1.54) is 0 Å². The second-order valence-electron chi connectivity index (χ2n) is 6.27. The van der Waals surface area contributed by atoms with E-state index in [2.05, 4.69) is 31.9 Å². The van der Waals surface area contributed by atoms with E-state index < -0.39 is 0 Å². The molecule has 0 atom stereocenters. The molecule has 0 unspecified atom stereocenters. The van der Waals surface area contributed by atoms with Crippen molar-refractivity contribution in [1.82, 2.24) is 15.2 Å². The van der Waals surface area contributed by atoms with Crippen LogP contribution in [0.25, 0.3) is 0 Å². The second-order valence-corrected chi connectivity index (χ2v) is 6.68. The number of hydrogen-bond acceptors (Lipinski definition) is 7. The molecule has 2 aromatic carbocycles. The van der Waals surface area contributed by atoms with E-state index in [1.54, 1.807) is 6.20 Å². The SMILES string of the molecule is Cc1cc(C)c(Nc2cnnc(NCc3ccc4c(c3)OCO4)n2)c(Cl)c1. The molecule has 0 amide bonds. The molecule has 138 valence electrons. The number of halogens is 1. The highest BCUT2D eigenvalue weighted by atomic mass is 35.5. The van der Waals surface area contributed by atoms with Gasteiger partial charge in [-0.15, -0.1) is 5.10 Å². The molecular formula is C19H18ClN5O2. The summed E-state index contributed by atoms with van der Waals surface area (Å²) in [6.07, 6.45) is 1.56. The topological polar surface area (TPSA) is 81.2 Å². The van der Waals surface area contributed by atoms with E-state index >= 15 is 0 Å². The van der Waals surface area contributed by atoms with Crippen molar-refractivity contribution in [2.24, 2.45) is 0 Å². The number of fused-ring (bicyclic) bond motifs is 1. The van der Waals surface area contributed by atoms with Crippen LogP contribution in [0.15, 0.2) is 36.5 Å². The van der Waals surface area contributed by atoms with Crippen LogP contribution in [0.2, 0.25) is 5.02 Å². The Morgan fingerprint density at radius 2 is 1.96 bits per heavy atom. The van der Waals surface area contributed by atoms with Crippen LogP contribution in [0.4, 0.5) is 17.5 Å². The summed E-state index contributed by atoms with van der Waals surface area (Å²) >= 11 is 6.35. The summed E-state index contributed by atoms with van der Waals surface area (Å²) in [5.74, 6) is 2.48. The molecule has 0 saturated carbocycles. The molecule has 1 aromatic heterocycles. The minimum absolute atomic E-state index is 0.258. The quantitative estimate of drug-likeness (QED) is 0.682. The normalized spacial score (nSPS) is 12.1. The molecule has 0 aliphatic carbocycles. The first-order valence-corrected chi connectivity index (χ1v) is 8.82. The smallest absolute Gasteiger partial charge is 0.244 e. The van der Waals surface area contributed by atoms with E-state index in [9.17, 15) is 0 Å². The lowest BCUT2D eigenvalue weighted by Gasteiger charge is -2.12. The summed E-state index contributed by atoms with van der Waals surface area (Å²) in [4.78, 5) is 4.45. The molecule has 0 spiro atoms. The average Bonchev–Trinajstić information content (AvgIpc) is 3.11. The Morgan fingerprint density at radius 3 is 2.81 bits per heavy atom. The maximum Gasteiger partial charge on any atom is 0.244 e. The van der Waals surface area contributed by atoms with Crippen LogP contribution in [0.3, 0.4) is 0 Å². The van der Waals surface area contributed by atoms with Crippen LogP contribution in [0.5, 0.6) is 11.5 Å². The molecule has 27 heavy (non-hydrogen) atoms. The van der Waals surface area contributed by atoms with Gasteiger partial charge in [-0.1, -0.05) is 23.7 Å². The Labute approximate surface area is 161 Å². The zero-order valence-corrected chi connectivity index (χ0v) is 15.7. The van der Waals surface area contributed by atoms with Crippen molar-refractivity contribution < 1.29 is 9.47 Å². The highest BCUT2D eigenvalue weighted by Crippen LogP contribution is 2.33. The van der Waals surface area contributed by atoms with Crippen LogP contribution in [-0.2, 0) is 6.54 Å². The van der Waals surface area contributed by atoms with Crippen molar-refractivity contribution in [3.05, 3.63) is 58.2 Å². The Kier molecular flexibility index (Phi) is 4.68. The van der Waals surface area contributed by atoms with E-state index in [0.29, 0.717) is 23.3 Å². The molecule has 8 heteroatoms. The number of ether oxygens (including phenoxy) is 2. The van der Waals surface area contributed by atoms with Crippen molar-refractivity contribution in [3.8, 4) is 11.5 Å². The van der Waals surface area contributed by atoms with E-state index in [0.717, 1.165) is 33.9 Å². The third-order valence-corrected chi connectivity index (χ3v) is 4.43. The first kappa shape index (κ1) is 17.4. The number of nitrogens with zero attached hydrogens (tertiary/aromatic N) is 3. The number of anilines is 3. The van der Waals surface area contributed by atoms with Crippen molar-refractivity contribution in [3.63, 3.8) is 0 Å². The second kappa shape index (κ2) is 7.28. The minimum Gasteiger partial charge on any atom is -0.454 e. The fourth-order valence-electron chi connectivity index (χ4n) is 2.87. The summed E-state index contributed by atoms with van der Waals surface area (Å²) in [7, 11) is 0. The summed E-state index contributed by atoms with van der Waals surface area (Å²) in [5, 5.41) is 15.0. The highest BCUT2D eigenvalue weighted by Gasteiger charge is 2.13. The fraction of sp³-hybridized carbons (Fsp3) is 0.211. The van der Waals surface area contributed by atoms with Gasteiger partial charge in [0.1, 0.15) is 0 Å². The van der Waals surface area contributed by atoms with Gasteiger partial charge in [-0.2, -0.15) is 10.1 Å². The zero-order chi connectivity index (χ0) is 18.8. The first-order valence-electron chi connectivity index (χ1n) is 8.44. The number of aromatic nitrogens is 3. The van der Waals surface area contributed by atoms with Gasteiger partial charge in [-0.05, 0) is 48.7 Å². The standard InChI is InChI=1S/C19H18ClN5O2/c1-11-5-12(2)18(14(20)6-11)23-17-9-22-25-19(24-17)21-8-13-3-4-15-16(7-13)27-10-26-15/h3-7,9H,8,10H2,1-2H3,(H2,21,23,24,25). The van der Waals surface area contributed by atoms with E-state index in [-0.39, 0.29) is 6.79 Å². The van der Waals surface area contributed by atoms with Crippen molar-refractivity contribution in [2.45, 2.75) is 20.4 Å². The molecule has 0 fully saturated rings. The third kappa shape index (κ3) is 3.88. The van der Waals surface area contributed by atoms with Gasteiger partial charge in [0.2, 0.25) is 12.7 Å². The Morgan fingerprint density at radius 1 is 1.11 bits per heavy atom. The molecule has 0 bridgehead atoms. The van der Waals surface area contributed by atoms with Crippen LogP contribution in [-0.4, -0.2) is 22.0 Å². The van der Waals surface area contributed by atoms with Gasteiger partial charge in [0.25, 0.3) is 0 Å². The average molecular weight is 384 g/mol. The van der Waals surface area contributed by atoms with Crippen LogP contribution in [0.1, 0.15) is 16.7 Å². The number of nitrogens with one attached hydrogen (secondary N) is 2. The lowest BCUT2D eigenvalue weighted by Crippen LogP contribution is -2.07. The summed E-state index contributed by atoms with van der Waals surface area (Å²) in [6, 6.07) is 9.75. The number of rotatable bonds is 5. The van der Waals surface area contributed by atoms with Gasteiger partial charge >= 0.3 is 0 Å². The molecule has 2 heterocycles. The maximum absolute atomic E-state index is 6.35. The molecule has 0 saturated heterocycles. The molecule has 2 N–H and O–H groups in total. The number of benzene rings is 2. The lowest BCUT2D eigenvalue weighted by molar-refractivity contribution is 0.174. The van der Waals surface area contributed by atoms with Gasteiger partial charge < -0.3 is 20.1 Å². The van der Waals surface area contributed by atoms with Gasteiger partial charge in [0, 0.05) is 6.54 Å². The molecule has 1 aliphatic heterocycles. The van der Waals surface area contributed by atoms with Gasteiger partial charge in [0.15, 0.2) is 17.3 Å². The minimum atomic E-state index is 0.258. The zero-order valence-electron chi connectivity index (χ0n) is 14.9. The van der Waals surface area contributed by atoms with Gasteiger partial charge in [-0.25, -0.2) is 0 Å². The largest absolute Gasteiger partial charge is 0.454 e. The highest BCUT2D eigenvalue weighted by molar-refractivity contribution is 6.33. The monoisotopic (exact) mass is 383 g/mol. The fourth-order valence-corrected chi connectivity index (χ4v) is 3.24. The van der Waals surface area contributed by atoms with Crippen LogP contribution in [0, 0.1) is 13.8 Å². The first-order chi connectivity index (χ1) is 13.1. The van der Waals surface area contributed by atoms with Crippen LogP contribution < -0.4 is 20.1 Å². The molecule has 7 nitrogen and oxygen atoms in total. The van der Waals surface area contributed by atoms with Crippen molar-refractivity contribution >= 4 is 29.1 Å². The number of aryl methyl sites for hydroxylation is 2. The summed E-state index contributed by atoms with van der Waals surface area (Å²) < 4.78 is 10.7. The number of hydrogen-bond donors (Lipinski definition) is 2. The molecular weight excluding hydrogens is 366 g/mol. The molecule has 4 rings (SSSR count). The Balaban J connectivity index is 1.46.